The lowest BCUT2D eigenvalue weighted by Crippen LogP contribution is -2.31. The van der Waals surface area contributed by atoms with Gasteiger partial charge in [-0.1, -0.05) is 42.5 Å². The Bertz CT molecular complexity index is 1790. The van der Waals surface area contributed by atoms with E-state index >= 15 is 0 Å². The summed E-state index contributed by atoms with van der Waals surface area (Å²) in [7, 11) is 2.12. The van der Waals surface area contributed by atoms with Crippen LogP contribution in [0.4, 0.5) is 0 Å². The molecule has 0 N–H and O–H groups in total. The van der Waals surface area contributed by atoms with Gasteiger partial charge >= 0.3 is 0 Å². The number of fused-ring (bicyclic) bond motifs is 3. The van der Waals surface area contributed by atoms with Gasteiger partial charge in [0.25, 0.3) is 0 Å². The third kappa shape index (κ3) is 3.68. The lowest BCUT2D eigenvalue weighted by Gasteiger charge is -2.13. The molecule has 0 radical (unpaired) electrons. The number of hydrogen-bond donors (Lipinski definition) is 0. The Kier molecular flexibility index (Phi) is 5.22. The van der Waals surface area contributed by atoms with E-state index in [4.69, 9.17) is 4.42 Å². The Labute approximate surface area is 211 Å². The number of aromatic nitrogens is 2. The Balaban J connectivity index is 1.43. The van der Waals surface area contributed by atoms with Gasteiger partial charge in [-0.25, -0.2) is 9.55 Å². The summed E-state index contributed by atoms with van der Waals surface area (Å²) in [4.78, 5) is 4.55. The standard InChI is InChI=1S/C33H29N2O/c1-20-8-6-7-9-27(20)31-18-30(22(3)19-35(31)5)26-14-11-24(16-21(26)2)25-12-15-28-29-13-10-23(4)34-33(29)36-32(28)17-25/h6-19H,1-5H3/q+1. The van der Waals surface area contributed by atoms with Gasteiger partial charge in [0.1, 0.15) is 12.6 Å². The third-order valence-corrected chi connectivity index (χ3v) is 7.22. The second-order valence-electron chi connectivity index (χ2n) is 9.83. The van der Waals surface area contributed by atoms with Gasteiger partial charge in [0.2, 0.25) is 11.4 Å². The number of rotatable bonds is 3. The maximum atomic E-state index is 6.10. The second-order valence-corrected chi connectivity index (χ2v) is 9.83. The lowest BCUT2D eigenvalue weighted by molar-refractivity contribution is -0.660. The first-order chi connectivity index (χ1) is 17.4. The molecule has 3 heterocycles. The van der Waals surface area contributed by atoms with Gasteiger partial charge in [0.15, 0.2) is 6.20 Å². The van der Waals surface area contributed by atoms with Crippen molar-refractivity contribution in [2.45, 2.75) is 27.7 Å². The average molecular weight is 470 g/mol. The van der Waals surface area contributed by atoms with Crippen molar-refractivity contribution in [3.8, 4) is 33.5 Å². The molecule has 3 nitrogen and oxygen atoms in total. The van der Waals surface area contributed by atoms with Crippen molar-refractivity contribution < 1.29 is 8.98 Å². The van der Waals surface area contributed by atoms with Gasteiger partial charge in [-0.2, -0.15) is 0 Å². The van der Waals surface area contributed by atoms with E-state index in [0.29, 0.717) is 5.71 Å². The van der Waals surface area contributed by atoms with E-state index in [1.54, 1.807) is 0 Å². The summed E-state index contributed by atoms with van der Waals surface area (Å²) in [5, 5.41) is 2.16. The summed E-state index contributed by atoms with van der Waals surface area (Å²) in [5.74, 6) is 0. The first-order valence-corrected chi connectivity index (χ1v) is 12.4. The number of nitrogens with zero attached hydrogens (tertiary/aromatic N) is 2. The van der Waals surface area contributed by atoms with E-state index in [2.05, 4.69) is 116 Å². The second kappa shape index (κ2) is 8.46. The van der Waals surface area contributed by atoms with Crippen molar-refractivity contribution in [1.29, 1.82) is 0 Å². The molecule has 0 spiro atoms. The van der Waals surface area contributed by atoms with Crippen LogP contribution >= 0.6 is 0 Å². The number of benzene rings is 3. The predicted molar refractivity (Wildman–Crippen MR) is 148 cm³/mol. The van der Waals surface area contributed by atoms with Crippen molar-refractivity contribution in [3.63, 3.8) is 0 Å². The van der Waals surface area contributed by atoms with Crippen LogP contribution in [0.25, 0.3) is 55.6 Å². The molecule has 3 aromatic carbocycles. The predicted octanol–water partition coefficient (Wildman–Crippen LogP) is 8.04. The molecule has 0 aliphatic carbocycles. The molecule has 0 amide bonds. The highest BCUT2D eigenvalue weighted by atomic mass is 16.3. The smallest absolute Gasteiger partial charge is 0.227 e. The van der Waals surface area contributed by atoms with Crippen LogP contribution in [0, 0.1) is 27.7 Å². The molecule has 0 aliphatic rings. The highest BCUT2D eigenvalue weighted by Gasteiger charge is 2.18. The van der Waals surface area contributed by atoms with Crippen molar-refractivity contribution in [2.24, 2.45) is 7.05 Å². The van der Waals surface area contributed by atoms with Gasteiger partial charge in [0, 0.05) is 33.7 Å². The highest BCUT2D eigenvalue weighted by Crippen LogP contribution is 2.35. The normalized spacial score (nSPS) is 11.5. The molecule has 3 heteroatoms. The van der Waals surface area contributed by atoms with Gasteiger partial charge < -0.3 is 4.42 Å². The average Bonchev–Trinajstić information content (AvgIpc) is 3.22. The van der Waals surface area contributed by atoms with Crippen molar-refractivity contribution in [3.05, 3.63) is 107 Å². The minimum Gasteiger partial charge on any atom is -0.438 e. The van der Waals surface area contributed by atoms with Crippen LogP contribution in [0.15, 0.2) is 89.5 Å². The third-order valence-electron chi connectivity index (χ3n) is 7.22. The Morgan fingerprint density at radius 1 is 0.639 bits per heavy atom. The molecule has 0 bridgehead atoms. The Morgan fingerprint density at radius 2 is 1.39 bits per heavy atom. The van der Waals surface area contributed by atoms with Crippen molar-refractivity contribution in [1.82, 2.24) is 4.98 Å². The zero-order valence-corrected chi connectivity index (χ0v) is 21.4. The molecule has 3 aromatic heterocycles. The monoisotopic (exact) mass is 469 g/mol. The van der Waals surface area contributed by atoms with Gasteiger partial charge in [0.05, 0.1) is 0 Å². The van der Waals surface area contributed by atoms with E-state index in [1.165, 1.54) is 44.6 Å². The fraction of sp³-hybridized carbons (Fsp3) is 0.152. The largest absolute Gasteiger partial charge is 0.438 e. The van der Waals surface area contributed by atoms with Crippen LogP contribution in [0.5, 0.6) is 0 Å². The molecule has 0 unspecified atom stereocenters. The summed E-state index contributed by atoms with van der Waals surface area (Å²) in [6.07, 6.45) is 2.23. The summed E-state index contributed by atoms with van der Waals surface area (Å²) in [5.41, 5.74) is 13.7. The first-order valence-electron chi connectivity index (χ1n) is 12.4. The Hall–Kier alpha value is -4.24. The Morgan fingerprint density at radius 3 is 2.19 bits per heavy atom. The van der Waals surface area contributed by atoms with E-state index in [1.807, 2.05) is 13.0 Å². The quantitative estimate of drug-likeness (QED) is 0.246. The van der Waals surface area contributed by atoms with Crippen molar-refractivity contribution in [2.75, 3.05) is 0 Å². The molecule has 0 saturated carbocycles. The number of pyridine rings is 2. The molecule has 176 valence electrons. The summed E-state index contributed by atoms with van der Waals surface area (Å²) >= 11 is 0. The van der Waals surface area contributed by atoms with Gasteiger partial charge in [-0.3, -0.25) is 0 Å². The van der Waals surface area contributed by atoms with Crippen LogP contribution in [-0.2, 0) is 7.05 Å². The summed E-state index contributed by atoms with van der Waals surface area (Å²) in [6, 6.07) is 28.2. The highest BCUT2D eigenvalue weighted by molar-refractivity contribution is 6.04. The van der Waals surface area contributed by atoms with Gasteiger partial charge in [-0.15, -0.1) is 0 Å². The maximum absolute atomic E-state index is 6.10. The van der Waals surface area contributed by atoms with Gasteiger partial charge in [-0.05, 0) is 91.4 Å². The van der Waals surface area contributed by atoms with Crippen LogP contribution in [0.1, 0.15) is 22.4 Å². The van der Waals surface area contributed by atoms with Crippen LogP contribution in [0.2, 0.25) is 0 Å². The molecular weight excluding hydrogens is 440 g/mol. The minimum atomic E-state index is 0.700. The van der Waals surface area contributed by atoms with E-state index in [-0.39, 0.29) is 0 Å². The molecule has 0 aliphatic heterocycles. The number of furan rings is 1. The zero-order valence-electron chi connectivity index (χ0n) is 21.4. The number of hydrogen-bond acceptors (Lipinski definition) is 2. The van der Waals surface area contributed by atoms with E-state index in [0.717, 1.165) is 27.6 Å². The molecule has 6 rings (SSSR count). The molecule has 0 atom stereocenters. The maximum Gasteiger partial charge on any atom is 0.227 e. The molecule has 36 heavy (non-hydrogen) atoms. The van der Waals surface area contributed by atoms with E-state index < -0.39 is 0 Å². The summed E-state index contributed by atoms with van der Waals surface area (Å²) in [6.45, 7) is 8.55. The fourth-order valence-corrected chi connectivity index (χ4v) is 5.27. The summed E-state index contributed by atoms with van der Waals surface area (Å²) < 4.78 is 8.32. The topological polar surface area (TPSA) is 29.9 Å². The zero-order chi connectivity index (χ0) is 25.0. The molecule has 0 fully saturated rings. The molecular formula is C33H29N2O+. The van der Waals surface area contributed by atoms with Crippen LogP contribution in [-0.4, -0.2) is 4.98 Å². The number of aryl methyl sites for hydroxylation is 5. The van der Waals surface area contributed by atoms with Crippen molar-refractivity contribution >= 4 is 22.1 Å². The minimum absolute atomic E-state index is 0.700. The SMILES string of the molecule is Cc1ccc2c(n1)oc1cc(-c3ccc(-c4cc(-c5ccccc5C)[n+](C)cc4C)c(C)c3)ccc12. The first kappa shape index (κ1) is 22.2. The van der Waals surface area contributed by atoms with Crippen LogP contribution in [0.3, 0.4) is 0 Å². The molecule has 0 saturated heterocycles. The lowest BCUT2D eigenvalue weighted by atomic mass is 9.92. The van der Waals surface area contributed by atoms with E-state index in [9.17, 15) is 0 Å². The fourth-order valence-electron chi connectivity index (χ4n) is 5.27. The molecule has 6 aromatic rings. The van der Waals surface area contributed by atoms with Crippen LogP contribution < -0.4 is 4.57 Å².